The van der Waals surface area contributed by atoms with Crippen molar-refractivity contribution in [2.75, 3.05) is 0 Å². The normalized spacial score (nSPS) is 10.7. The predicted octanol–water partition coefficient (Wildman–Crippen LogP) is 5.74. The fourth-order valence-corrected chi connectivity index (χ4v) is 3.13. The number of rotatable bonds is 5. The number of carbonyl (C=O) groups is 2. The van der Waals surface area contributed by atoms with Gasteiger partial charge in [0.15, 0.2) is 0 Å². The molecule has 3 aromatic rings. The second-order valence-corrected chi connectivity index (χ2v) is 7.52. The minimum absolute atomic E-state index is 0.245. The lowest BCUT2D eigenvalue weighted by Gasteiger charge is -2.09. The molecule has 0 aliphatic carbocycles. The lowest BCUT2D eigenvalue weighted by molar-refractivity contribution is 0.0734. The van der Waals surface area contributed by atoms with Crippen LogP contribution in [0.3, 0.4) is 0 Å². The van der Waals surface area contributed by atoms with Crippen LogP contribution >= 0.6 is 39.1 Å². The highest BCUT2D eigenvalue weighted by Gasteiger charge is 2.14. The number of amides is 1. The highest BCUT2D eigenvalue weighted by molar-refractivity contribution is 9.10. The number of ether oxygens (including phenoxy) is 1. The molecule has 8 heteroatoms. The molecule has 1 amide bonds. The Kier molecular flexibility index (Phi) is 7.04. The summed E-state index contributed by atoms with van der Waals surface area (Å²) in [7, 11) is 0. The van der Waals surface area contributed by atoms with Gasteiger partial charge >= 0.3 is 5.97 Å². The van der Waals surface area contributed by atoms with Gasteiger partial charge in [-0.15, -0.1) is 0 Å². The predicted molar refractivity (Wildman–Crippen MR) is 117 cm³/mol. The molecule has 3 rings (SSSR count). The van der Waals surface area contributed by atoms with E-state index in [4.69, 9.17) is 27.9 Å². The molecule has 146 valence electrons. The van der Waals surface area contributed by atoms with E-state index in [-0.39, 0.29) is 11.3 Å². The van der Waals surface area contributed by atoms with Gasteiger partial charge in [0.2, 0.25) is 0 Å². The quantitative estimate of drug-likeness (QED) is 0.214. The Balaban J connectivity index is 1.76. The second kappa shape index (κ2) is 9.69. The zero-order valence-electron chi connectivity index (χ0n) is 14.7. The van der Waals surface area contributed by atoms with Gasteiger partial charge < -0.3 is 4.74 Å². The third-order valence-corrected chi connectivity index (χ3v) is 4.78. The lowest BCUT2D eigenvalue weighted by Crippen LogP contribution is -2.17. The van der Waals surface area contributed by atoms with Crippen molar-refractivity contribution in [3.05, 3.63) is 97.9 Å². The van der Waals surface area contributed by atoms with Crippen LogP contribution in [0, 0.1) is 0 Å². The van der Waals surface area contributed by atoms with E-state index in [1.807, 2.05) is 0 Å². The number of esters is 1. The Labute approximate surface area is 185 Å². The van der Waals surface area contributed by atoms with Crippen molar-refractivity contribution in [2.45, 2.75) is 0 Å². The number of benzene rings is 3. The number of hydrogen-bond acceptors (Lipinski definition) is 4. The van der Waals surface area contributed by atoms with Crippen LogP contribution in [0.1, 0.15) is 26.3 Å². The minimum Gasteiger partial charge on any atom is -0.422 e. The smallest absolute Gasteiger partial charge is 0.345 e. The van der Waals surface area contributed by atoms with Gasteiger partial charge in [0.05, 0.1) is 16.8 Å². The van der Waals surface area contributed by atoms with Crippen LogP contribution in [0.15, 0.2) is 76.3 Å². The highest BCUT2D eigenvalue weighted by atomic mass is 79.9. The molecule has 0 aliphatic heterocycles. The van der Waals surface area contributed by atoms with Gasteiger partial charge in [-0.1, -0.05) is 57.3 Å². The average molecular weight is 492 g/mol. The van der Waals surface area contributed by atoms with Crippen molar-refractivity contribution < 1.29 is 14.3 Å². The van der Waals surface area contributed by atoms with Crippen molar-refractivity contribution >= 4 is 57.2 Å². The van der Waals surface area contributed by atoms with Gasteiger partial charge in [0, 0.05) is 20.6 Å². The largest absolute Gasteiger partial charge is 0.422 e. The Bertz CT molecular complexity index is 1100. The molecule has 0 fully saturated rings. The average Bonchev–Trinajstić information content (AvgIpc) is 2.70. The van der Waals surface area contributed by atoms with E-state index in [1.54, 1.807) is 60.7 Å². The van der Waals surface area contributed by atoms with E-state index in [0.29, 0.717) is 21.2 Å². The molecular weight excluding hydrogens is 479 g/mol. The lowest BCUT2D eigenvalue weighted by atomic mass is 10.2. The summed E-state index contributed by atoms with van der Waals surface area (Å²) in [4.78, 5) is 24.6. The molecule has 29 heavy (non-hydrogen) atoms. The van der Waals surface area contributed by atoms with Crippen LogP contribution in [-0.4, -0.2) is 18.1 Å². The SMILES string of the molecule is O=C(N/N=C/c1cc(Br)ccc1OC(=O)c1ccccc1Cl)c1cccc(Cl)c1. The number of halogens is 3. The number of hydrazone groups is 1. The first-order valence-electron chi connectivity index (χ1n) is 8.29. The summed E-state index contributed by atoms with van der Waals surface area (Å²) in [5.41, 5.74) is 3.50. The van der Waals surface area contributed by atoms with Gasteiger partial charge in [-0.2, -0.15) is 5.10 Å². The Morgan fingerprint density at radius 2 is 1.79 bits per heavy atom. The van der Waals surface area contributed by atoms with Crippen LogP contribution in [0.4, 0.5) is 0 Å². The van der Waals surface area contributed by atoms with Crippen LogP contribution in [0.2, 0.25) is 10.0 Å². The molecule has 0 atom stereocenters. The van der Waals surface area contributed by atoms with Gasteiger partial charge in [0.1, 0.15) is 5.75 Å². The molecule has 0 heterocycles. The van der Waals surface area contributed by atoms with E-state index in [1.165, 1.54) is 12.3 Å². The molecular formula is C21H13BrCl2N2O3. The van der Waals surface area contributed by atoms with E-state index in [0.717, 1.165) is 4.47 Å². The molecule has 0 spiro atoms. The zero-order chi connectivity index (χ0) is 20.8. The molecule has 5 nitrogen and oxygen atoms in total. The van der Waals surface area contributed by atoms with Gasteiger partial charge in [-0.25, -0.2) is 10.2 Å². The maximum absolute atomic E-state index is 12.4. The Hall–Kier alpha value is -2.67. The number of nitrogens with one attached hydrogen (secondary N) is 1. The third-order valence-electron chi connectivity index (χ3n) is 3.72. The molecule has 1 N–H and O–H groups in total. The maximum atomic E-state index is 12.4. The molecule has 0 aliphatic rings. The summed E-state index contributed by atoms with van der Waals surface area (Å²) >= 11 is 15.3. The number of hydrogen-bond donors (Lipinski definition) is 1. The minimum atomic E-state index is -0.601. The van der Waals surface area contributed by atoms with E-state index in [9.17, 15) is 9.59 Å². The van der Waals surface area contributed by atoms with Crippen LogP contribution in [-0.2, 0) is 0 Å². The third kappa shape index (κ3) is 5.67. The number of nitrogens with zero attached hydrogens (tertiary/aromatic N) is 1. The van der Waals surface area contributed by atoms with Gasteiger partial charge in [-0.3, -0.25) is 4.79 Å². The monoisotopic (exact) mass is 490 g/mol. The van der Waals surface area contributed by atoms with E-state index >= 15 is 0 Å². The van der Waals surface area contributed by atoms with Crippen molar-refractivity contribution in [1.29, 1.82) is 0 Å². The first kappa shape index (κ1) is 21.0. The summed E-state index contributed by atoms with van der Waals surface area (Å²) in [6.07, 6.45) is 1.38. The van der Waals surface area contributed by atoms with Crippen LogP contribution < -0.4 is 10.2 Å². The number of carbonyl (C=O) groups excluding carboxylic acids is 2. The summed E-state index contributed by atoms with van der Waals surface area (Å²) in [5.74, 6) is -0.761. The van der Waals surface area contributed by atoms with Crippen LogP contribution in [0.5, 0.6) is 5.75 Å². The first-order valence-corrected chi connectivity index (χ1v) is 9.84. The van der Waals surface area contributed by atoms with Gasteiger partial charge in [0.25, 0.3) is 5.91 Å². The van der Waals surface area contributed by atoms with E-state index in [2.05, 4.69) is 26.5 Å². The van der Waals surface area contributed by atoms with Crippen molar-refractivity contribution in [1.82, 2.24) is 5.43 Å². The molecule has 0 saturated carbocycles. The fraction of sp³-hybridized carbons (Fsp3) is 0. The van der Waals surface area contributed by atoms with Crippen molar-refractivity contribution in [2.24, 2.45) is 5.10 Å². The molecule has 0 unspecified atom stereocenters. The topological polar surface area (TPSA) is 67.8 Å². The maximum Gasteiger partial charge on any atom is 0.345 e. The molecule has 0 saturated heterocycles. The summed E-state index contributed by atoms with van der Waals surface area (Å²) in [5, 5.41) is 4.68. The summed E-state index contributed by atoms with van der Waals surface area (Å²) < 4.78 is 6.21. The van der Waals surface area contributed by atoms with Crippen LogP contribution in [0.25, 0.3) is 0 Å². The molecule has 0 radical (unpaired) electrons. The molecule has 3 aromatic carbocycles. The summed E-state index contributed by atoms with van der Waals surface area (Å²) in [6, 6.07) is 18.1. The zero-order valence-corrected chi connectivity index (χ0v) is 17.8. The van der Waals surface area contributed by atoms with Crippen molar-refractivity contribution in [3.8, 4) is 5.75 Å². The Morgan fingerprint density at radius 3 is 2.55 bits per heavy atom. The fourth-order valence-electron chi connectivity index (χ4n) is 2.35. The second-order valence-electron chi connectivity index (χ2n) is 5.76. The standard InChI is InChI=1S/C21H13BrCl2N2O3/c22-15-8-9-19(29-21(28)17-6-1-2-7-18(17)24)14(10-15)12-25-26-20(27)13-4-3-5-16(23)11-13/h1-12H,(H,26,27)/b25-12+. The first-order chi connectivity index (χ1) is 13.9. The highest BCUT2D eigenvalue weighted by Crippen LogP contribution is 2.24. The Morgan fingerprint density at radius 1 is 1.00 bits per heavy atom. The summed E-state index contributed by atoms with van der Waals surface area (Å²) in [6.45, 7) is 0. The van der Waals surface area contributed by atoms with E-state index < -0.39 is 11.9 Å². The molecule has 0 aromatic heterocycles. The molecule has 0 bridgehead atoms. The van der Waals surface area contributed by atoms with Crippen molar-refractivity contribution in [3.63, 3.8) is 0 Å². The van der Waals surface area contributed by atoms with Gasteiger partial charge in [-0.05, 0) is 48.5 Å².